The maximum atomic E-state index is 14.3. The van der Waals surface area contributed by atoms with Crippen molar-refractivity contribution in [1.29, 1.82) is 0 Å². The van der Waals surface area contributed by atoms with Crippen LogP contribution in [0.4, 0.5) is 17.1 Å². The highest BCUT2D eigenvalue weighted by Gasteiger charge is 2.39. The van der Waals surface area contributed by atoms with Crippen LogP contribution in [0.1, 0.15) is 27.5 Å². The van der Waals surface area contributed by atoms with Crippen molar-refractivity contribution in [3.8, 4) is 11.5 Å². The molecule has 0 aliphatic carbocycles. The van der Waals surface area contributed by atoms with Crippen LogP contribution in [-0.2, 0) is 35.3 Å². The summed E-state index contributed by atoms with van der Waals surface area (Å²) in [6.45, 7) is -0.816. The summed E-state index contributed by atoms with van der Waals surface area (Å²) in [4.78, 5) is 130. The van der Waals surface area contributed by atoms with Gasteiger partial charge in [0.15, 0.2) is 23.8 Å². The van der Waals surface area contributed by atoms with Crippen LogP contribution in [0.2, 0.25) is 0 Å². The van der Waals surface area contributed by atoms with Gasteiger partial charge in [0.1, 0.15) is 23.2 Å². The van der Waals surface area contributed by atoms with Crippen LogP contribution in [0.5, 0.6) is 11.5 Å². The molecule has 6 amide bonds. The molecule has 396 valence electrons. The number of carbonyl (C=O) groups is 7. The molecule has 6 unspecified atom stereocenters. The molecule has 0 saturated carbocycles. The third-order valence-electron chi connectivity index (χ3n) is 9.29. The van der Waals surface area contributed by atoms with Gasteiger partial charge in [0.25, 0.3) is 40.9 Å². The Morgan fingerprint density at radius 3 is 1.51 bits per heavy atom. The number of anilines is 1. The number of hydrogen-bond acceptors (Lipinski definition) is 19. The fourth-order valence-electron chi connectivity index (χ4n) is 6.16. The SMILES string of the molecule is COc1ccc(CN(c2c(C(=O)O)cc([N+](=O)[O-])cc2[N+](=O)[O-])C(O)C(=O)NC(C(=O)NC(N=C(N)N)C(=O)NC(N=C(N)N)C(=O)NC(N=C(N)N)C(=O)NC(N=C(N)N)C(N)=O)c2ccccc2)c(OC)c1. The number of carboxylic acids is 1. The molecule has 0 aromatic heterocycles. The predicted octanol–water partition coefficient (Wildman–Crippen LogP) is -7.25. The Hall–Kier alpha value is -10.8. The van der Waals surface area contributed by atoms with Crippen molar-refractivity contribution in [3.05, 3.63) is 97.6 Å². The van der Waals surface area contributed by atoms with Gasteiger partial charge < -0.3 is 103 Å². The maximum absolute atomic E-state index is 14.3. The van der Waals surface area contributed by atoms with E-state index in [1.54, 1.807) is 0 Å². The number of nitrogens with zero attached hydrogens (tertiary/aromatic N) is 7. The van der Waals surface area contributed by atoms with Gasteiger partial charge in [-0.1, -0.05) is 30.3 Å². The first kappa shape index (κ1) is 57.5. The maximum Gasteiger partial charge on any atom is 0.338 e. The molecular weight excluding hydrogens is 991 g/mol. The number of nitrogens with two attached hydrogens (primary N) is 9. The normalized spacial score (nSPS) is 12.9. The number of amides is 6. The highest BCUT2D eigenvalue weighted by Crippen LogP contribution is 2.39. The van der Waals surface area contributed by atoms with Gasteiger partial charge in [-0.15, -0.1) is 0 Å². The van der Waals surface area contributed by atoms with Gasteiger partial charge >= 0.3 is 5.97 Å². The van der Waals surface area contributed by atoms with E-state index in [1.165, 1.54) is 62.8 Å². The number of aliphatic imine (C=N–C) groups is 4. The summed E-state index contributed by atoms with van der Waals surface area (Å²) in [6, 6.07) is 9.61. The largest absolute Gasteiger partial charge is 0.497 e. The summed E-state index contributed by atoms with van der Waals surface area (Å²) in [7, 11) is 2.51. The molecule has 0 fully saturated rings. The third-order valence-corrected chi connectivity index (χ3v) is 9.29. The molecule has 0 spiro atoms. The zero-order valence-electron chi connectivity index (χ0n) is 38.5. The Morgan fingerprint density at radius 2 is 1.09 bits per heavy atom. The Labute approximate surface area is 414 Å². The molecule has 0 bridgehead atoms. The van der Waals surface area contributed by atoms with Crippen LogP contribution in [0.3, 0.4) is 0 Å². The molecule has 6 atom stereocenters. The van der Waals surface area contributed by atoms with Gasteiger partial charge in [0.05, 0.1) is 35.7 Å². The number of nitro benzene ring substituents is 2. The lowest BCUT2D eigenvalue weighted by Gasteiger charge is -2.31. The Morgan fingerprint density at radius 1 is 0.622 bits per heavy atom. The molecule has 0 radical (unpaired) electrons. The highest BCUT2D eigenvalue weighted by atomic mass is 16.6. The molecule has 36 heteroatoms. The van der Waals surface area contributed by atoms with Crippen LogP contribution in [0.25, 0.3) is 0 Å². The second kappa shape index (κ2) is 25.7. The van der Waals surface area contributed by atoms with Crippen molar-refractivity contribution in [3.63, 3.8) is 0 Å². The first-order valence-electron chi connectivity index (χ1n) is 20.3. The van der Waals surface area contributed by atoms with Crippen molar-refractivity contribution >= 4 is 82.3 Å². The average Bonchev–Trinajstić information content (AvgIpc) is 3.32. The number of hydrogen-bond donors (Lipinski definition) is 16. The van der Waals surface area contributed by atoms with Crippen molar-refractivity contribution in [2.24, 2.45) is 71.6 Å². The van der Waals surface area contributed by atoms with Crippen LogP contribution < -0.4 is 92.6 Å². The number of carboxylic acid groups (broad SMARTS) is 1. The number of carbonyl (C=O) groups excluding carboxylic acids is 6. The first-order valence-corrected chi connectivity index (χ1v) is 20.3. The molecule has 3 rings (SSSR count). The van der Waals surface area contributed by atoms with Gasteiger partial charge in [0, 0.05) is 24.2 Å². The van der Waals surface area contributed by atoms with E-state index in [0.717, 1.165) is 0 Å². The Kier molecular flexibility index (Phi) is 20.0. The minimum Gasteiger partial charge on any atom is -0.497 e. The van der Waals surface area contributed by atoms with E-state index in [9.17, 15) is 64.0 Å². The van der Waals surface area contributed by atoms with Gasteiger partial charge in [-0.3, -0.25) is 49.0 Å². The topological polar surface area (TPSA) is 612 Å². The predicted molar refractivity (Wildman–Crippen MR) is 256 cm³/mol. The summed E-state index contributed by atoms with van der Waals surface area (Å²) in [6.07, 6.45) is -11.4. The Bertz CT molecular complexity index is 2740. The summed E-state index contributed by atoms with van der Waals surface area (Å²) in [5.41, 5.74) is 44.1. The standard InChI is InChI=1S/C38H49N21O15/c1-73-17-9-8-15(20(12-17)74-2)13-57(22-18(34(67)68)10-16(58(69)70)11-19(22)59(71)72)33(66)32(65)48-21(14-6-4-3-5-7-14)28(61)50-25(54-36(42)43)30(63)52-27(56-38(46)47)31(64)51-26(55-37(44)45)29(62)49-24(23(39)60)53-35(40)41/h3-12,21,24-27,33,66H,13H2,1-2H3,(H2,39,60)(H,48,65)(H,49,62)(H,50,61)(H,51,64)(H,52,63)(H,67,68)(H4,40,41,53)(H4,42,43,54)(H4,44,45,55)(H4,46,47,56). The number of aliphatic hydroxyl groups is 1. The van der Waals surface area contributed by atoms with E-state index in [2.05, 4.69) is 30.6 Å². The lowest BCUT2D eigenvalue weighted by Crippen LogP contribution is -2.58. The summed E-state index contributed by atoms with van der Waals surface area (Å²) in [5.74, 6) is -13.7. The summed E-state index contributed by atoms with van der Waals surface area (Å²) >= 11 is 0. The number of nitro groups is 2. The van der Waals surface area contributed by atoms with Gasteiger partial charge in [-0.2, -0.15) is 0 Å². The average molecular weight is 1040 g/mol. The van der Waals surface area contributed by atoms with Crippen molar-refractivity contribution < 1.29 is 63.1 Å². The monoisotopic (exact) mass is 1040 g/mol. The number of methoxy groups -OCH3 is 2. The Balaban J connectivity index is 2.12. The number of rotatable bonds is 25. The first-order chi connectivity index (χ1) is 34.7. The minimum absolute atomic E-state index is 0.0227. The van der Waals surface area contributed by atoms with E-state index in [4.69, 9.17) is 61.1 Å². The number of aliphatic hydroxyl groups excluding tert-OH is 1. The van der Waals surface area contributed by atoms with E-state index in [-0.39, 0.29) is 22.6 Å². The molecule has 36 nitrogen and oxygen atoms in total. The van der Waals surface area contributed by atoms with Gasteiger partial charge in [0.2, 0.25) is 36.8 Å². The van der Waals surface area contributed by atoms with Crippen molar-refractivity contribution in [2.45, 2.75) is 43.5 Å². The number of non-ortho nitro benzene ring substituents is 1. The van der Waals surface area contributed by atoms with Gasteiger partial charge in [-0.25, -0.2) is 24.8 Å². The van der Waals surface area contributed by atoms with Crippen LogP contribution in [0, 0.1) is 20.2 Å². The smallest absolute Gasteiger partial charge is 0.338 e. The second-order valence-electron chi connectivity index (χ2n) is 14.5. The third kappa shape index (κ3) is 15.9. The minimum atomic E-state index is -2.73. The quantitative estimate of drug-likeness (QED) is 0.0123. The summed E-state index contributed by atoms with van der Waals surface area (Å²) < 4.78 is 10.6. The number of guanidine groups is 4. The number of benzene rings is 3. The summed E-state index contributed by atoms with van der Waals surface area (Å²) in [5, 5.41) is 56.6. The zero-order valence-corrected chi connectivity index (χ0v) is 38.5. The molecule has 0 saturated heterocycles. The number of nitrogens with one attached hydrogen (secondary N) is 5. The van der Waals surface area contributed by atoms with E-state index in [1.807, 2.05) is 16.0 Å². The van der Waals surface area contributed by atoms with Crippen LogP contribution >= 0.6 is 0 Å². The second-order valence-corrected chi connectivity index (χ2v) is 14.5. The number of ether oxygens (including phenoxy) is 2. The van der Waals surface area contributed by atoms with E-state index in [0.29, 0.717) is 17.0 Å². The number of primary amides is 1. The lowest BCUT2D eigenvalue weighted by molar-refractivity contribution is -0.393. The van der Waals surface area contributed by atoms with E-state index >= 15 is 0 Å². The van der Waals surface area contributed by atoms with E-state index < -0.39 is 141 Å². The molecule has 74 heavy (non-hydrogen) atoms. The molecule has 3 aromatic carbocycles. The molecule has 25 N–H and O–H groups in total. The zero-order chi connectivity index (χ0) is 55.7. The van der Waals surface area contributed by atoms with Crippen LogP contribution in [-0.4, -0.2) is 130 Å². The number of aromatic carboxylic acids is 1. The fraction of sp³-hybridized carbons (Fsp3) is 0.237. The molecule has 0 heterocycles. The van der Waals surface area contributed by atoms with Crippen molar-refractivity contribution in [1.82, 2.24) is 26.6 Å². The molecule has 3 aromatic rings. The molecule has 0 aliphatic heterocycles. The highest BCUT2D eigenvalue weighted by molar-refractivity contribution is 6.01. The van der Waals surface area contributed by atoms with Gasteiger partial charge in [-0.05, 0) is 17.7 Å². The van der Waals surface area contributed by atoms with Crippen LogP contribution in [0.15, 0.2) is 80.6 Å². The van der Waals surface area contributed by atoms with Crippen molar-refractivity contribution in [2.75, 3.05) is 19.1 Å². The molecular formula is C38H49N21O15. The fourth-order valence-corrected chi connectivity index (χ4v) is 6.16. The molecule has 0 aliphatic rings. The lowest BCUT2D eigenvalue weighted by atomic mass is 10.0.